The highest BCUT2D eigenvalue weighted by Crippen LogP contribution is 2.46. The first-order chi connectivity index (χ1) is 34.7. The topological polar surface area (TPSA) is 43.6 Å². The molecule has 0 unspecified atom stereocenters. The zero-order valence-corrected chi connectivity index (χ0v) is 38.5. The summed E-state index contributed by atoms with van der Waals surface area (Å²) in [5, 5.41) is 16.7. The molecular formula is C65H38N4S. The van der Waals surface area contributed by atoms with Crippen LogP contribution in [0, 0.1) is 0 Å². The van der Waals surface area contributed by atoms with Crippen LogP contribution in [0.5, 0.6) is 0 Å². The maximum absolute atomic E-state index is 5.66. The van der Waals surface area contributed by atoms with Gasteiger partial charge in [0.25, 0.3) is 0 Å². The lowest BCUT2D eigenvalue weighted by Crippen LogP contribution is -2.04. The lowest BCUT2D eigenvalue weighted by Gasteiger charge is -2.17. The Kier molecular flexibility index (Phi) is 8.49. The number of thiophene rings is 1. The summed E-state index contributed by atoms with van der Waals surface area (Å²) in [5.41, 5.74) is 8.33. The van der Waals surface area contributed by atoms with Gasteiger partial charge in [-0.3, -0.25) is 0 Å². The van der Waals surface area contributed by atoms with Crippen LogP contribution in [0.25, 0.3) is 147 Å². The van der Waals surface area contributed by atoms with E-state index < -0.39 is 0 Å². The van der Waals surface area contributed by atoms with E-state index in [1.54, 1.807) is 0 Å². The average Bonchev–Trinajstić information content (AvgIpc) is 3.97. The standard InChI is InChI=1S/C65H38N4S/c1-2-15-39(16-3-1)42-22-14-23-46(33-42)63-66-64(56-35-45-21-8-9-24-47(45)50-27-12-13-28-51(50)56)68-65(67-63)57-38-60-55(53-32-30-41-18-7-11-26-49(41)62(53)70-60)37-59(57)69-58-36-44-20-5-4-19-43(44)34-54(58)52-31-29-40-17-6-10-25-48(40)61(52)69/h1-38H. The molecule has 0 N–H and O–H groups in total. The molecule has 324 valence electrons. The van der Waals surface area contributed by atoms with E-state index in [0.29, 0.717) is 17.5 Å². The minimum Gasteiger partial charge on any atom is -0.308 e. The predicted molar refractivity (Wildman–Crippen MR) is 296 cm³/mol. The second-order valence-corrected chi connectivity index (χ2v) is 19.4. The summed E-state index contributed by atoms with van der Waals surface area (Å²) in [7, 11) is 0. The molecule has 12 aromatic carbocycles. The second-order valence-electron chi connectivity index (χ2n) is 18.3. The lowest BCUT2D eigenvalue weighted by molar-refractivity contribution is 1.07. The van der Waals surface area contributed by atoms with Crippen LogP contribution in [-0.2, 0) is 0 Å². The number of aromatic nitrogens is 4. The minimum absolute atomic E-state index is 0.609. The van der Waals surface area contributed by atoms with E-state index in [1.165, 1.54) is 68.6 Å². The summed E-state index contributed by atoms with van der Waals surface area (Å²) in [6.45, 7) is 0. The van der Waals surface area contributed by atoms with Gasteiger partial charge in [-0.1, -0.05) is 194 Å². The largest absolute Gasteiger partial charge is 0.308 e. The van der Waals surface area contributed by atoms with Crippen LogP contribution in [0.2, 0.25) is 0 Å². The lowest BCUT2D eigenvalue weighted by atomic mass is 9.96. The Bertz CT molecular complexity index is 4660. The van der Waals surface area contributed by atoms with E-state index in [-0.39, 0.29) is 0 Å². The zero-order valence-electron chi connectivity index (χ0n) is 37.6. The summed E-state index contributed by atoms with van der Waals surface area (Å²) in [5.74, 6) is 1.85. The van der Waals surface area contributed by atoms with Gasteiger partial charge in [-0.15, -0.1) is 11.3 Å². The molecular weight excluding hydrogens is 869 g/mol. The molecule has 0 atom stereocenters. The molecule has 15 rings (SSSR count). The van der Waals surface area contributed by atoms with Crippen molar-refractivity contribution in [3.8, 4) is 51.0 Å². The van der Waals surface area contributed by atoms with E-state index in [4.69, 9.17) is 15.0 Å². The third-order valence-electron chi connectivity index (χ3n) is 14.4. The van der Waals surface area contributed by atoms with Crippen molar-refractivity contribution >= 4 is 107 Å². The van der Waals surface area contributed by atoms with Crippen LogP contribution >= 0.6 is 11.3 Å². The number of nitrogens with zero attached hydrogens (tertiary/aromatic N) is 4. The number of benzene rings is 12. The van der Waals surface area contributed by atoms with E-state index in [0.717, 1.165) is 60.7 Å². The summed E-state index contributed by atoms with van der Waals surface area (Å²) < 4.78 is 4.95. The first-order valence-corrected chi connectivity index (χ1v) is 24.6. The SMILES string of the molecule is c1ccc(-c2cccc(-c3nc(-c4cc5sc6c7ccccc7ccc6c5cc4-n4c5cc6ccccc6cc5c5ccc6ccccc6c54)nc(-c4cc5ccccc5c5ccccc45)n3)c2)cc1. The van der Waals surface area contributed by atoms with Crippen LogP contribution in [0.1, 0.15) is 0 Å². The van der Waals surface area contributed by atoms with Crippen molar-refractivity contribution in [3.63, 3.8) is 0 Å². The Morgan fingerprint density at radius 3 is 1.69 bits per heavy atom. The number of fused-ring (bicyclic) bond motifs is 14. The van der Waals surface area contributed by atoms with Crippen molar-refractivity contribution < 1.29 is 0 Å². The maximum atomic E-state index is 5.66. The summed E-state index contributed by atoms with van der Waals surface area (Å²) >= 11 is 1.84. The minimum atomic E-state index is 0.609. The third kappa shape index (κ3) is 5.98. The average molecular weight is 907 g/mol. The van der Waals surface area contributed by atoms with Crippen LogP contribution in [0.4, 0.5) is 0 Å². The normalized spacial score (nSPS) is 12.0. The summed E-state index contributed by atoms with van der Waals surface area (Å²) in [6, 6.07) is 83.5. The molecule has 5 heteroatoms. The molecule has 0 amide bonds. The quantitative estimate of drug-likeness (QED) is 0.162. The van der Waals surface area contributed by atoms with E-state index >= 15 is 0 Å². The molecule has 0 aliphatic heterocycles. The third-order valence-corrected chi connectivity index (χ3v) is 15.6. The highest BCUT2D eigenvalue weighted by molar-refractivity contribution is 7.26. The fraction of sp³-hybridized carbons (Fsp3) is 0. The van der Waals surface area contributed by atoms with Crippen molar-refractivity contribution in [3.05, 3.63) is 231 Å². The Labute approximate surface area is 406 Å². The van der Waals surface area contributed by atoms with Crippen molar-refractivity contribution in [2.75, 3.05) is 0 Å². The number of hydrogen-bond acceptors (Lipinski definition) is 4. The van der Waals surface area contributed by atoms with Gasteiger partial charge in [0.1, 0.15) is 0 Å². The first kappa shape index (κ1) is 39.0. The Morgan fingerprint density at radius 2 is 0.886 bits per heavy atom. The molecule has 0 saturated carbocycles. The first-order valence-electron chi connectivity index (χ1n) is 23.7. The molecule has 3 heterocycles. The fourth-order valence-electron chi connectivity index (χ4n) is 11.1. The van der Waals surface area contributed by atoms with Crippen molar-refractivity contribution in [2.24, 2.45) is 0 Å². The Hall–Kier alpha value is -9.03. The highest BCUT2D eigenvalue weighted by atomic mass is 32.1. The van der Waals surface area contributed by atoms with E-state index in [2.05, 4.69) is 235 Å². The van der Waals surface area contributed by atoms with Gasteiger partial charge in [0.15, 0.2) is 17.5 Å². The Morgan fingerprint density at radius 1 is 0.300 bits per heavy atom. The van der Waals surface area contributed by atoms with Gasteiger partial charge in [0, 0.05) is 53.0 Å². The summed E-state index contributed by atoms with van der Waals surface area (Å²) in [4.78, 5) is 16.7. The molecule has 0 spiro atoms. The highest BCUT2D eigenvalue weighted by Gasteiger charge is 2.24. The van der Waals surface area contributed by atoms with Crippen molar-refractivity contribution in [1.29, 1.82) is 0 Å². The molecule has 0 fully saturated rings. The van der Waals surface area contributed by atoms with E-state index in [9.17, 15) is 0 Å². The van der Waals surface area contributed by atoms with Crippen LogP contribution in [0.3, 0.4) is 0 Å². The van der Waals surface area contributed by atoms with E-state index in [1.807, 2.05) is 11.3 Å². The molecule has 15 aromatic rings. The Balaban J connectivity index is 1.10. The maximum Gasteiger partial charge on any atom is 0.166 e. The van der Waals surface area contributed by atoms with Crippen LogP contribution < -0.4 is 0 Å². The number of hydrogen-bond donors (Lipinski definition) is 0. The van der Waals surface area contributed by atoms with Crippen LogP contribution in [0.15, 0.2) is 231 Å². The van der Waals surface area contributed by atoms with Crippen molar-refractivity contribution in [1.82, 2.24) is 19.5 Å². The van der Waals surface area contributed by atoms with Gasteiger partial charge in [0.05, 0.1) is 16.7 Å². The second kappa shape index (κ2) is 15.2. The van der Waals surface area contributed by atoms with Crippen LogP contribution in [-0.4, -0.2) is 19.5 Å². The molecule has 70 heavy (non-hydrogen) atoms. The molecule has 0 bridgehead atoms. The molecule has 0 aliphatic rings. The molecule has 0 radical (unpaired) electrons. The number of rotatable bonds is 5. The molecule has 4 nitrogen and oxygen atoms in total. The van der Waals surface area contributed by atoms with Gasteiger partial charge >= 0.3 is 0 Å². The summed E-state index contributed by atoms with van der Waals surface area (Å²) in [6.07, 6.45) is 0. The molecule has 0 saturated heterocycles. The van der Waals surface area contributed by atoms with Gasteiger partial charge in [0.2, 0.25) is 0 Å². The fourth-order valence-corrected chi connectivity index (χ4v) is 12.3. The monoisotopic (exact) mass is 906 g/mol. The predicted octanol–water partition coefficient (Wildman–Crippen LogP) is 17.8. The smallest absolute Gasteiger partial charge is 0.166 e. The van der Waals surface area contributed by atoms with Gasteiger partial charge in [-0.25, -0.2) is 15.0 Å². The van der Waals surface area contributed by atoms with Gasteiger partial charge in [-0.2, -0.15) is 0 Å². The molecule has 3 aromatic heterocycles. The zero-order chi connectivity index (χ0) is 45.9. The van der Waals surface area contributed by atoms with Gasteiger partial charge in [-0.05, 0) is 96.0 Å². The molecule has 0 aliphatic carbocycles. The van der Waals surface area contributed by atoms with Crippen molar-refractivity contribution in [2.45, 2.75) is 0 Å². The van der Waals surface area contributed by atoms with Gasteiger partial charge < -0.3 is 4.57 Å².